The molecule has 0 atom stereocenters. The second kappa shape index (κ2) is 4.74. The van der Waals surface area contributed by atoms with E-state index in [-0.39, 0.29) is 10.6 Å². The van der Waals surface area contributed by atoms with Gasteiger partial charge < -0.3 is 10.4 Å². The lowest BCUT2D eigenvalue weighted by Gasteiger charge is -2.14. The van der Waals surface area contributed by atoms with Crippen LogP contribution in [0.1, 0.15) is 36.0 Å². The Morgan fingerprint density at radius 1 is 1.38 bits per heavy atom. The van der Waals surface area contributed by atoms with Crippen LogP contribution < -0.4 is 5.32 Å². The van der Waals surface area contributed by atoms with E-state index >= 15 is 0 Å². The van der Waals surface area contributed by atoms with Gasteiger partial charge in [0.2, 0.25) is 0 Å². The predicted octanol–water partition coefficient (Wildman–Crippen LogP) is 3.39. The number of hydrogen-bond donors (Lipinski definition) is 2. The number of benzene rings is 1. The Morgan fingerprint density at radius 2 is 2.06 bits per heavy atom. The molecule has 0 spiro atoms. The van der Waals surface area contributed by atoms with Gasteiger partial charge in [-0.15, -0.1) is 0 Å². The molecule has 0 unspecified atom stereocenters. The largest absolute Gasteiger partial charge is 0.478 e. The van der Waals surface area contributed by atoms with Gasteiger partial charge in [-0.05, 0) is 31.0 Å². The van der Waals surface area contributed by atoms with Crippen LogP contribution in [0.3, 0.4) is 0 Å². The molecule has 2 rings (SSSR count). The lowest BCUT2D eigenvalue weighted by molar-refractivity contribution is 0.0697. The summed E-state index contributed by atoms with van der Waals surface area (Å²) in [4.78, 5) is 10.8. The molecule has 4 heteroatoms. The van der Waals surface area contributed by atoms with Gasteiger partial charge in [0, 0.05) is 11.7 Å². The van der Waals surface area contributed by atoms with E-state index in [0.717, 1.165) is 5.69 Å². The van der Waals surface area contributed by atoms with Gasteiger partial charge in [0.05, 0.1) is 10.6 Å². The maximum absolute atomic E-state index is 10.8. The van der Waals surface area contributed by atoms with Crippen molar-refractivity contribution in [1.82, 2.24) is 0 Å². The van der Waals surface area contributed by atoms with Crippen molar-refractivity contribution >= 4 is 23.3 Å². The Labute approximate surface area is 99.4 Å². The molecule has 0 bridgehead atoms. The van der Waals surface area contributed by atoms with Gasteiger partial charge >= 0.3 is 5.97 Å². The second-order valence-corrected chi connectivity index (χ2v) is 4.53. The number of aromatic carboxylic acids is 1. The average Bonchev–Trinajstić information content (AvgIpc) is 2.70. The van der Waals surface area contributed by atoms with E-state index in [2.05, 4.69) is 5.32 Å². The van der Waals surface area contributed by atoms with E-state index in [9.17, 15) is 4.79 Å². The fraction of sp³-hybridized carbons (Fsp3) is 0.417. The third kappa shape index (κ3) is 2.47. The van der Waals surface area contributed by atoms with E-state index < -0.39 is 5.97 Å². The summed E-state index contributed by atoms with van der Waals surface area (Å²) >= 11 is 5.89. The van der Waals surface area contributed by atoms with Crippen LogP contribution in [-0.4, -0.2) is 17.1 Å². The fourth-order valence-corrected chi connectivity index (χ4v) is 2.35. The van der Waals surface area contributed by atoms with Gasteiger partial charge in [-0.25, -0.2) is 4.79 Å². The molecule has 1 aliphatic rings. The zero-order valence-electron chi connectivity index (χ0n) is 8.87. The van der Waals surface area contributed by atoms with Crippen molar-refractivity contribution in [1.29, 1.82) is 0 Å². The Kier molecular flexibility index (Phi) is 3.34. The number of carboxylic acids is 1. The van der Waals surface area contributed by atoms with Crippen molar-refractivity contribution in [3.63, 3.8) is 0 Å². The molecule has 0 aliphatic heterocycles. The van der Waals surface area contributed by atoms with Gasteiger partial charge in [0.15, 0.2) is 0 Å². The van der Waals surface area contributed by atoms with Crippen molar-refractivity contribution in [3.05, 3.63) is 28.8 Å². The molecule has 3 nitrogen and oxygen atoms in total. The maximum atomic E-state index is 10.8. The average molecular weight is 240 g/mol. The van der Waals surface area contributed by atoms with Crippen LogP contribution >= 0.6 is 11.6 Å². The molecule has 86 valence electrons. The van der Waals surface area contributed by atoms with Gasteiger partial charge in [-0.1, -0.05) is 24.4 Å². The monoisotopic (exact) mass is 239 g/mol. The first-order valence-corrected chi connectivity index (χ1v) is 5.84. The fourth-order valence-electron chi connectivity index (χ4n) is 2.08. The number of hydrogen-bond acceptors (Lipinski definition) is 2. The zero-order valence-corrected chi connectivity index (χ0v) is 9.63. The third-order valence-electron chi connectivity index (χ3n) is 2.93. The van der Waals surface area contributed by atoms with Crippen molar-refractivity contribution < 1.29 is 9.90 Å². The molecule has 0 heterocycles. The minimum absolute atomic E-state index is 0.152. The molecule has 1 aromatic carbocycles. The van der Waals surface area contributed by atoms with Crippen molar-refractivity contribution in [3.8, 4) is 0 Å². The van der Waals surface area contributed by atoms with Crippen LogP contribution in [0.25, 0.3) is 0 Å². The smallest absolute Gasteiger partial charge is 0.337 e. The SMILES string of the molecule is O=C(O)c1ccc(NC2CCCC2)cc1Cl. The molecule has 0 radical (unpaired) electrons. The van der Waals surface area contributed by atoms with Gasteiger partial charge in [-0.2, -0.15) is 0 Å². The summed E-state index contributed by atoms with van der Waals surface area (Å²) < 4.78 is 0. The predicted molar refractivity (Wildman–Crippen MR) is 64.3 cm³/mol. The summed E-state index contributed by atoms with van der Waals surface area (Å²) in [5.74, 6) is -0.989. The summed E-state index contributed by atoms with van der Waals surface area (Å²) in [6.07, 6.45) is 4.88. The van der Waals surface area contributed by atoms with Crippen molar-refractivity contribution in [2.75, 3.05) is 5.32 Å². The lowest BCUT2D eigenvalue weighted by Crippen LogP contribution is -2.14. The van der Waals surface area contributed by atoms with Gasteiger partial charge in [-0.3, -0.25) is 0 Å². The summed E-state index contributed by atoms with van der Waals surface area (Å²) in [7, 11) is 0. The highest BCUT2D eigenvalue weighted by Gasteiger charge is 2.15. The number of carbonyl (C=O) groups is 1. The Bertz CT molecular complexity index is 400. The summed E-state index contributed by atoms with van der Waals surface area (Å²) in [6.45, 7) is 0. The molecular formula is C12H14ClNO2. The van der Waals surface area contributed by atoms with Crippen LogP contribution in [0.15, 0.2) is 18.2 Å². The molecule has 1 aromatic rings. The van der Waals surface area contributed by atoms with Crippen LogP contribution in [0.2, 0.25) is 5.02 Å². The zero-order chi connectivity index (χ0) is 11.5. The molecule has 1 fully saturated rings. The second-order valence-electron chi connectivity index (χ2n) is 4.13. The lowest BCUT2D eigenvalue weighted by atomic mass is 10.2. The highest BCUT2D eigenvalue weighted by Crippen LogP contribution is 2.25. The van der Waals surface area contributed by atoms with Crippen LogP contribution in [0.5, 0.6) is 0 Å². The van der Waals surface area contributed by atoms with E-state index in [1.807, 2.05) is 0 Å². The maximum Gasteiger partial charge on any atom is 0.337 e. The summed E-state index contributed by atoms with van der Waals surface area (Å²) in [6, 6.07) is 5.51. The number of rotatable bonds is 3. The van der Waals surface area contributed by atoms with Gasteiger partial charge in [0.1, 0.15) is 0 Å². The Hall–Kier alpha value is -1.22. The quantitative estimate of drug-likeness (QED) is 0.850. The van der Waals surface area contributed by atoms with E-state index in [4.69, 9.17) is 16.7 Å². The van der Waals surface area contributed by atoms with Crippen LogP contribution in [0, 0.1) is 0 Å². The molecule has 0 amide bonds. The Balaban J connectivity index is 2.11. The molecule has 2 N–H and O–H groups in total. The number of halogens is 1. The van der Waals surface area contributed by atoms with E-state index in [1.54, 1.807) is 18.2 Å². The molecule has 16 heavy (non-hydrogen) atoms. The standard InChI is InChI=1S/C12H14ClNO2/c13-11-7-9(5-6-10(11)12(15)16)14-8-3-1-2-4-8/h5-8,14H,1-4H2,(H,15,16). The number of anilines is 1. The first kappa shape index (κ1) is 11.3. The molecule has 0 saturated heterocycles. The topological polar surface area (TPSA) is 49.3 Å². The molecular weight excluding hydrogens is 226 g/mol. The van der Waals surface area contributed by atoms with Crippen LogP contribution in [0.4, 0.5) is 5.69 Å². The van der Waals surface area contributed by atoms with Gasteiger partial charge in [0.25, 0.3) is 0 Å². The first-order chi connectivity index (χ1) is 7.66. The minimum atomic E-state index is -0.989. The van der Waals surface area contributed by atoms with Crippen molar-refractivity contribution in [2.45, 2.75) is 31.7 Å². The van der Waals surface area contributed by atoms with Crippen LogP contribution in [-0.2, 0) is 0 Å². The third-order valence-corrected chi connectivity index (χ3v) is 3.24. The first-order valence-electron chi connectivity index (χ1n) is 5.46. The Morgan fingerprint density at radius 3 is 2.62 bits per heavy atom. The highest BCUT2D eigenvalue weighted by atomic mass is 35.5. The number of carboxylic acid groups (broad SMARTS) is 1. The normalized spacial score (nSPS) is 16.3. The molecule has 1 saturated carbocycles. The minimum Gasteiger partial charge on any atom is -0.478 e. The summed E-state index contributed by atoms with van der Waals surface area (Å²) in [5.41, 5.74) is 1.06. The van der Waals surface area contributed by atoms with E-state index in [0.29, 0.717) is 6.04 Å². The summed E-state index contributed by atoms with van der Waals surface area (Å²) in [5, 5.41) is 12.5. The molecule has 1 aliphatic carbocycles. The number of nitrogens with one attached hydrogen (secondary N) is 1. The highest BCUT2D eigenvalue weighted by molar-refractivity contribution is 6.33. The molecule has 0 aromatic heterocycles. The van der Waals surface area contributed by atoms with Crippen molar-refractivity contribution in [2.24, 2.45) is 0 Å². The van der Waals surface area contributed by atoms with E-state index in [1.165, 1.54) is 25.7 Å².